The fourth-order valence-corrected chi connectivity index (χ4v) is 14.3. The van der Waals surface area contributed by atoms with Crippen LogP contribution in [0.15, 0.2) is 125 Å². The quantitative estimate of drug-likeness (QED) is 0.0376. The van der Waals surface area contributed by atoms with Crippen LogP contribution in [0.4, 0.5) is 27.1 Å². The molecule has 12 nitrogen and oxygen atoms in total. The van der Waals surface area contributed by atoms with E-state index in [1.807, 2.05) is 93.2 Å². The number of hydrogen-bond donors (Lipinski definition) is 0. The van der Waals surface area contributed by atoms with Crippen molar-refractivity contribution in [2.45, 2.75) is 49.4 Å². The van der Waals surface area contributed by atoms with Gasteiger partial charge in [0.1, 0.15) is 5.82 Å². The van der Waals surface area contributed by atoms with Gasteiger partial charge in [0.05, 0.1) is 34.0 Å². The van der Waals surface area contributed by atoms with E-state index in [1.54, 1.807) is 47.6 Å². The highest BCUT2D eigenvalue weighted by atomic mass is 35.5. The van der Waals surface area contributed by atoms with Crippen LogP contribution in [0.3, 0.4) is 0 Å². The van der Waals surface area contributed by atoms with Crippen molar-refractivity contribution in [2.75, 3.05) is 86.4 Å². The van der Waals surface area contributed by atoms with Crippen LogP contribution in [0, 0.1) is 28.8 Å². The summed E-state index contributed by atoms with van der Waals surface area (Å²) in [4.78, 5) is 20.0. The van der Waals surface area contributed by atoms with Gasteiger partial charge in [-0.1, -0.05) is 48.0 Å². The first-order valence-electron chi connectivity index (χ1n) is 23.2. The molecule has 2 saturated heterocycles. The molecule has 0 aliphatic carbocycles. The van der Waals surface area contributed by atoms with Gasteiger partial charge in [0.15, 0.2) is 9.84 Å². The van der Waals surface area contributed by atoms with Gasteiger partial charge in [-0.3, -0.25) is 19.3 Å². The van der Waals surface area contributed by atoms with E-state index in [-0.39, 0.29) is 34.1 Å². The second kappa shape index (κ2) is 21.1. The maximum absolute atomic E-state index is 15.8. The van der Waals surface area contributed by atoms with Gasteiger partial charge in [-0.2, -0.15) is 0 Å². The highest BCUT2D eigenvalue weighted by Gasteiger charge is 2.41. The third kappa shape index (κ3) is 11.1. The smallest absolute Gasteiger partial charge is 0.326 e. The molecule has 0 bridgehead atoms. The van der Waals surface area contributed by atoms with Crippen molar-refractivity contribution in [3.8, 4) is 22.4 Å². The molecule has 0 radical (unpaired) electrons. The molecular formula is C52H59ClFN6O6PS2. The third-order valence-corrected chi connectivity index (χ3v) is 18.2. The Morgan fingerprint density at radius 3 is 2.13 bits per heavy atom. The number of piperazine rings is 1. The van der Waals surface area contributed by atoms with Crippen molar-refractivity contribution in [3.05, 3.63) is 147 Å². The molecule has 2 aliphatic rings. The van der Waals surface area contributed by atoms with Crippen LogP contribution in [0.2, 0.25) is 5.02 Å². The Balaban J connectivity index is 0.987. The Morgan fingerprint density at radius 2 is 1.51 bits per heavy atom. The zero-order valence-corrected chi connectivity index (χ0v) is 43.1. The van der Waals surface area contributed by atoms with E-state index in [1.165, 1.54) is 24.5 Å². The van der Waals surface area contributed by atoms with Gasteiger partial charge < -0.3 is 23.8 Å². The predicted molar refractivity (Wildman–Crippen MR) is 281 cm³/mol. The molecule has 2 fully saturated rings. The molecule has 0 amide bonds. The van der Waals surface area contributed by atoms with E-state index >= 15 is 4.39 Å². The predicted octanol–water partition coefficient (Wildman–Crippen LogP) is 11.4. The van der Waals surface area contributed by atoms with Crippen LogP contribution in [-0.2, 0) is 25.3 Å². The number of nitrogens with zero attached hydrogens (tertiary/aromatic N) is 6. The van der Waals surface area contributed by atoms with Crippen LogP contribution < -0.4 is 19.8 Å². The lowest BCUT2D eigenvalue weighted by molar-refractivity contribution is -0.385. The normalized spacial score (nSPS) is 17.0. The summed E-state index contributed by atoms with van der Waals surface area (Å²) >= 11 is 8.02. The summed E-state index contributed by atoms with van der Waals surface area (Å²) in [5.41, 5.74) is 5.83. The number of nitro groups is 1. The third-order valence-electron chi connectivity index (χ3n) is 12.9. The highest BCUT2D eigenvalue weighted by molar-refractivity contribution is 7.99. The molecule has 0 saturated carbocycles. The molecule has 5 aromatic carbocycles. The van der Waals surface area contributed by atoms with Crippen molar-refractivity contribution in [2.24, 2.45) is 5.92 Å². The van der Waals surface area contributed by atoms with Crippen molar-refractivity contribution in [3.63, 3.8) is 0 Å². The molecule has 2 aliphatic heterocycles. The van der Waals surface area contributed by atoms with Gasteiger partial charge in [0.2, 0.25) is 0 Å². The summed E-state index contributed by atoms with van der Waals surface area (Å²) in [5, 5.41) is 13.4. The van der Waals surface area contributed by atoms with Crippen molar-refractivity contribution in [1.29, 1.82) is 0 Å². The Bertz CT molecular complexity index is 2970. The van der Waals surface area contributed by atoms with Gasteiger partial charge >= 0.3 is 7.52 Å². The Morgan fingerprint density at radius 1 is 0.855 bits per heavy atom. The molecule has 3 heterocycles. The monoisotopic (exact) mass is 1010 g/mol. The summed E-state index contributed by atoms with van der Waals surface area (Å²) in [6.45, 7) is 9.62. The van der Waals surface area contributed by atoms with Crippen LogP contribution in [0.1, 0.15) is 37.6 Å². The molecular weight excluding hydrogens is 954 g/mol. The number of sulfone groups is 1. The van der Waals surface area contributed by atoms with Crippen molar-refractivity contribution in [1.82, 2.24) is 9.47 Å². The van der Waals surface area contributed by atoms with E-state index in [0.29, 0.717) is 88.9 Å². The highest BCUT2D eigenvalue weighted by Crippen LogP contribution is 2.56. The lowest BCUT2D eigenvalue weighted by atomic mass is 9.96. The lowest BCUT2D eigenvalue weighted by Crippen LogP contribution is -2.46. The summed E-state index contributed by atoms with van der Waals surface area (Å²) in [6, 6.07) is 34.8. The van der Waals surface area contributed by atoms with E-state index in [2.05, 4.69) is 26.8 Å². The van der Waals surface area contributed by atoms with E-state index in [0.717, 1.165) is 34.9 Å². The molecule has 8 rings (SSSR count). The lowest BCUT2D eigenvalue weighted by Gasteiger charge is -2.37. The first-order chi connectivity index (χ1) is 32.9. The molecule has 0 spiro atoms. The topological polar surface area (TPSA) is 121 Å². The average molecular weight is 1010 g/mol. The van der Waals surface area contributed by atoms with Gasteiger partial charge in [-0.25, -0.2) is 12.8 Å². The molecule has 6 aromatic rings. The van der Waals surface area contributed by atoms with E-state index < -0.39 is 23.2 Å². The molecule has 69 heavy (non-hydrogen) atoms. The van der Waals surface area contributed by atoms with Crippen molar-refractivity contribution >= 4 is 68.8 Å². The van der Waals surface area contributed by atoms with Gasteiger partial charge in [-0.05, 0) is 144 Å². The summed E-state index contributed by atoms with van der Waals surface area (Å²) in [7, 11) is -3.38. The Labute approximate surface area is 414 Å². The van der Waals surface area contributed by atoms with Gasteiger partial charge in [0, 0.05) is 94.1 Å². The number of aromatic nitrogens is 1. The fourth-order valence-electron chi connectivity index (χ4n) is 9.65. The summed E-state index contributed by atoms with van der Waals surface area (Å²) in [6.07, 6.45) is 2.59. The fraction of sp³-hybridized carbons (Fsp3) is 0.346. The van der Waals surface area contributed by atoms with E-state index in [9.17, 15) is 23.1 Å². The maximum atomic E-state index is 15.8. The van der Waals surface area contributed by atoms with Crippen LogP contribution in [0.5, 0.6) is 0 Å². The van der Waals surface area contributed by atoms with Crippen LogP contribution in [-0.4, -0.2) is 94.8 Å². The standard InChI is InChI=1S/C52H59ClFN6O6PS2/c1-36(2)59-37(3)52(69(6,64)65)50(51(59)39-12-15-42(53)16-13-39)41-31-43(54)33-46(32-41)57-26-24-56(25-27-57)44-17-19-45(20-18-44)58-28-29-66-67(58,63)47-21-14-40(49(34-47)60(61)62)30-38(22-23-55(4)5)35-68-48-10-8-7-9-11-48/h7-21,31-34,36,38H,22-30,35H2,1-6H3/t38-,67?/m0/s1. The minimum atomic E-state index is -3.75. The minimum Gasteiger partial charge on any atom is -0.368 e. The molecule has 1 aromatic heterocycles. The van der Waals surface area contributed by atoms with Gasteiger partial charge in [-0.15, -0.1) is 11.8 Å². The Kier molecular flexibility index (Phi) is 15.3. The maximum Gasteiger partial charge on any atom is 0.326 e. The van der Waals surface area contributed by atoms with Crippen LogP contribution >= 0.6 is 30.9 Å². The number of halogens is 2. The number of rotatable bonds is 17. The first-order valence-corrected chi connectivity index (χ1v) is 28.0. The Hall–Kier alpha value is -5.15. The number of benzene rings is 5. The average Bonchev–Trinajstić information content (AvgIpc) is 3.88. The van der Waals surface area contributed by atoms with Crippen molar-refractivity contribution < 1.29 is 26.8 Å². The minimum absolute atomic E-state index is 0.0524. The molecule has 364 valence electrons. The molecule has 17 heteroatoms. The number of hydrogen-bond acceptors (Lipinski definition) is 10. The molecule has 0 N–H and O–H groups in total. The molecule has 1 unspecified atom stereocenters. The largest absolute Gasteiger partial charge is 0.368 e. The second-order valence-corrected chi connectivity index (χ2v) is 24.2. The van der Waals surface area contributed by atoms with Gasteiger partial charge in [0.25, 0.3) is 5.69 Å². The summed E-state index contributed by atoms with van der Waals surface area (Å²) in [5.74, 6) is 0.518. The number of nitro benzene ring substituents is 1. The second-order valence-electron chi connectivity index (χ2n) is 18.4. The SMILES string of the molecule is Cc1c(S(C)(=O)=O)c(-c2cc(F)cc(N3CCN(c4ccc(N5CCOP5(=O)c5ccc(C[C@H](CCN(C)C)CSc6ccccc6)c([N+](=O)[O-])c5)cc4)CC3)c2)c(-c2ccc(Cl)cc2)n1C(C)C. The number of thioether (sulfide) groups is 1. The zero-order valence-electron chi connectivity index (χ0n) is 39.8. The zero-order chi connectivity index (χ0) is 49.2. The van der Waals surface area contributed by atoms with Crippen LogP contribution in [0.25, 0.3) is 22.4 Å². The number of anilines is 3. The summed E-state index contributed by atoms with van der Waals surface area (Å²) < 4.78 is 67.4. The molecule has 2 atom stereocenters. The van der Waals surface area contributed by atoms with E-state index in [4.69, 9.17) is 16.1 Å². The first kappa shape index (κ1) is 50.2.